The second-order valence-corrected chi connectivity index (χ2v) is 5.06. The van der Waals surface area contributed by atoms with E-state index in [-0.39, 0.29) is 5.84 Å². The van der Waals surface area contributed by atoms with Crippen LogP contribution in [0.15, 0.2) is 29.4 Å². The first kappa shape index (κ1) is 16.5. The number of oxime groups is 1. The molecule has 0 aliphatic carbocycles. The maximum Gasteiger partial charge on any atom is 0.170 e. The van der Waals surface area contributed by atoms with Gasteiger partial charge in [-0.2, -0.15) is 0 Å². The molecule has 1 aromatic carbocycles. The summed E-state index contributed by atoms with van der Waals surface area (Å²) in [6.07, 6.45) is 1.16. The lowest BCUT2D eigenvalue weighted by atomic mass is 10.1. The van der Waals surface area contributed by atoms with E-state index in [1.165, 1.54) is 0 Å². The van der Waals surface area contributed by atoms with Gasteiger partial charge in [0.1, 0.15) is 0 Å². The maximum absolute atomic E-state index is 8.78. The molecule has 0 heterocycles. The van der Waals surface area contributed by atoms with Crippen molar-refractivity contribution in [3.8, 4) is 0 Å². The minimum atomic E-state index is 0.152. The normalized spacial score (nSPS) is 13.7. The summed E-state index contributed by atoms with van der Waals surface area (Å²) in [6, 6.07) is 8.28. The van der Waals surface area contributed by atoms with E-state index in [1.54, 1.807) is 0 Å². The van der Waals surface area contributed by atoms with Gasteiger partial charge in [-0.1, -0.05) is 36.3 Å². The van der Waals surface area contributed by atoms with Crippen molar-refractivity contribution in [2.24, 2.45) is 10.9 Å². The van der Waals surface area contributed by atoms with Crippen molar-refractivity contribution in [2.45, 2.75) is 32.9 Å². The van der Waals surface area contributed by atoms with Crippen LogP contribution in [0.2, 0.25) is 0 Å². The lowest BCUT2D eigenvalue weighted by Crippen LogP contribution is -2.35. The van der Waals surface area contributed by atoms with Gasteiger partial charge in [0.05, 0.1) is 0 Å². The molecule has 1 aromatic rings. The molecule has 0 radical (unpaired) electrons. The van der Waals surface area contributed by atoms with E-state index in [2.05, 4.69) is 36.3 Å². The fourth-order valence-electron chi connectivity index (χ4n) is 1.99. The SMILES string of the molecule is CCC(C)N(C)CCNCc1ccccc1/C(N)=N/O. The number of nitrogens with zero attached hydrogens (tertiary/aromatic N) is 2. The number of likely N-dealkylation sites (N-methyl/N-ethyl adjacent to an activating group) is 1. The van der Waals surface area contributed by atoms with E-state index in [9.17, 15) is 0 Å². The first-order chi connectivity index (χ1) is 9.60. The summed E-state index contributed by atoms with van der Waals surface area (Å²) < 4.78 is 0. The van der Waals surface area contributed by atoms with Crippen molar-refractivity contribution in [3.05, 3.63) is 35.4 Å². The highest BCUT2D eigenvalue weighted by atomic mass is 16.4. The second-order valence-electron chi connectivity index (χ2n) is 5.06. The molecule has 0 fully saturated rings. The van der Waals surface area contributed by atoms with Crippen molar-refractivity contribution >= 4 is 5.84 Å². The first-order valence-electron chi connectivity index (χ1n) is 7.06. The Morgan fingerprint density at radius 1 is 1.45 bits per heavy atom. The number of rotatable bonds is 8. The minimum absolute atomic E-state index is 0.152. The Balaban J connectivity index is 2.47. The van der Waals surface area contributed by atoms with Crippen LogP contribution in [-0.2, 0) is 6.54 Å². The number of benzene rings is 1. The quantitative estimate of drug-likeness (QED) is 0.222. The van der Waals surface area contributed by atoms with Gasteiger partial charge >= 0.3 is 0 Å². The average Bonchev–Trinajstić information content (AvgIpc) is 2.50. The Morgan fingerprint density at radius 3 is 2.80 bits per heavy atom. The summed E-state index contributed by atoms with van der Waals surface area (Å²) in [4.78, 5) is 2.34. The standard InChI is InChI=1S/C15H26N4O/c1-4-12(2)19(3)10-9-17-11-13-7-5-6-8-14(13)15(16)18-20/h5-8,12,17,20H,4,9-11H2,1-3H3,(H2,16,18). The van der Waals surface area contributed by atoms with Crippen LogP contribution >= 0.6 is 0 Å². The number of hydrogen-bond acceptors (Lipinski definition) is 4. The highest BCUT2D eigenvalue weighted by molar-refractivity contribution is 5.98. The lowest BCUT2D eigenvalue weighted by molar-refractivity contribution is 0.251. The Morgan fingerprint density at radius 2 is 2.15 bits per heavy atom. The molecular formula is C15H26N4O. The average molecular weight is 278 g/mol. The van der Waals surface area contributed by atoms with Crippen LogP contribution in [0.1, 0.15) is 31.4 Å². The van der Waals surface area contributed by atoms with E-state index in [0.717, 1.165) is 30.6 Å². The van der Waals surface area contributed by atoms with Gasteiger partial charge in [0.25, 0.3) is 0 Å². The van der Waals surface area contributed by atoms with E-state index >= 15 is 0 Å². The summed E-state index contributed by atoms with van der Waals surface area (Å²) in [5, 5.41) is 15.2. The van der Waals surface area contributed by atoms with E-state index in [4.69, 9.17) is 10.9 Å². The molecule has 112 valence electrons. The molecule has 0 amide bonds. The van der Waals surface area contributed by atoms with Crippen LogP contribution in [0.25, 0.3) is 0 Å². The molecular weight excluding hydrogens is 252 g/mol. The van der Waals surface area contributed by atoms with E-state index in [0.29, 0.717) is 12.6 Å². The molecule has 0 saturated heterocycles. The van der Waals surface area contributed by atoms with Crippen molar-refractivity contribution < 1.29 is 5.21 Å². The van der Waals surface area contributed by atoms with Crippen LogP contribution in [0.4, 0.5) is 0 Å². The molecule has 0 saturated carbocycles. The van der Waals surface area contributed by atoms with Crippen LogP contribution in [0.5, 0.6) is 0 Å². The van der Waals surface area contributed by atoms with Crippen LogP contribution in [0.3, 0.4) is 0 Å². The van der Waals surface area contributed by atoms with Gasteiger partial charge in [-0.3, -0.25) is 0 Å². The summed E-state index contributed by atoms with van der Waals surface area (Å²) >= 11 is 0. The third kappa shape index (κ3) is 4.83. The molecule has 5 nitrogen and oxygen atoms in total. The summed E-state index contributed by atoms with van der Waals surface area (Å²) in [7, 11) is 2.14. The molecule has 4 N–H and O–H groups in total. The van der Waals surface area contributed by atoms with Gasteiger partial charge in [-0.25, -0.2) is 0 Å². The largest absolute Gasteiger partial charge is 0.409 e. The monoisotopic (exact) mass is 278 g/mol. The van der Waals surface area contributed by atoms with Crippen LogP contribution < -0.4 is 11.1 Å². The second kappa shape index (κ2) is 8.55. The highest BCUT2D eigenvalue weighted by Gasteiger charge is 2.07. The van der Waals surface area contributed by atoms with Crippen molar-refractivity contribution in [3.63, 3.8) is 0 Å². The third-order valence-corrected chi connectivity index (χ3v) is 3.70. The smallest absolute Gasteiger partial charge is 0.170 e. The van der Waals surface area contributed by atoms with E-state index < -0.39 is 0 Å². The predicted molar refractivity (Wildman–Crippen MR) is 83.0 cm³/mol. The highest BCUT2D eigenvalue weighted by Crippen LogP contribution is 2.08. The molecule has 20 heavy (non-hydrogen) atoms. The Kier molecular flexibility index (Phi) is 7.04. The number of amidine groups is 1. The number of hydrogen-bond donors (Lipinski definition) is 3. The van der Waals surface area contributed by atoms with Crippen LogP contribution in [0, 0.1) is 0 Å². The molecule has 0 spiro atoms. The first-order valence-corrected chi connectivity index (χ1v) is 7.06. The Labute approximate surface area is 121 Å². The van der Waals surface area contributed by atoms with Gasteiger partial charge in [0, 0.05) is 31.2 Å². The number of nitrogens with one attached hydrogen (secondary N) is 1. The molecule has 0 bridgehead atoms. The molecule has 0 aliphatic heterocycles. The fourth-order valence-corrected chi connectivity index (χ4v) is 1.99. The molecule has 5 heteroatoms. The van der Waals surface area contributed by atoms with Gasteiger partial charge < -0.3 is 21.2 Å². The Bertz CT molecular complexity index is 434. The zero-order valence-electron chi connectivity index (χ0n) is 12.6. The Hall–Kier alpha value is -1.59. The van der Waals surface area contributed by atoms with Gasteiger partial charge in [0.15, 0.2) is 5.84 Å². The zero-order valence-corrected chi connectivity index (χ0v) is 12.6. The molecule has 0 aromatic heterocycles. The topological polar surface area (TPSA) is 73.9 Å². The molecule has 1 atom stereocenters. The molecule has 1 rings (SSSR count). The molecule has 0 aliphatic rings. The lowest BCUT2D eigenvalue weighted by Gasteiger charge is -2.23. The van der Waals surface area contributed by atoms with Crippen molar-refractivity contribution in [2.75, 3.05) is 20.1 Å². The van der Waals surface area contributed by atoms with E-state index in [1.807, 2.05) is 24.3 Å². The summed E-state index contributed by atoms with van der Waals surface area (Å²) in [6.45, 7) is 7.04. The van der Waals surface area contributed by atoms with Gasteiger partial charge in [0.2, 0.25) is 0 Å². The van der Waals surface area contributed by atoms with Crippen molar-refractivity contribution in [1.82, 2.24) is 10.2 Å². The fraction of sp³-hybridized carbons (Fsp3) is 0.533. The summed E-state index contributed by atoms with van der Waals surface area (Å²) in [5.74, 6) is 0.152. The number of nitrogens with two attached hydrogens (primary N) is 1. The van der Waals surface area contributed by atoms with Gasteiger partial charge in [-0.05, 0) is 26.0 Å². The van der Waals surface area contributed by atoms with Crippen LogP contribution in [-0.4, -0.2) is 42.1 Å². The minimum Gasteiger partial charge on any atom is -0.409 e. The van der Waals surface area contributed by atoms with Gasteiger partial charge in [-0.15, -0.1) is 0 Å². The van der Waals surface area contributed by atoms with Crippen molar-refractivity contribution in [1.29, 1.82) is 0 Å². The third-order valence-electron chi connectivity index (χ3n) is 3.70. The molecule has 1 unspecified atom stereocenters. The summed E-state index contributed by atoms with van der Waals surface area (Å²) in [5.41, 5.74) is 7.48. The maximum atomic E-state index is 8.78. The zero-order chi connectivity index (χ0) is 15.0. The predicted octanol–water partition coefficient (Wildman–Crippen LogP) is 1.60.